The van der Waals surface area contributed by atoms with Crippen LogP contribution in [0.4, 0.5) is 0 Å². The molecule has 0 aliphatic carbocycles. The van der Waals surface area contributed by atoms with E-state index in [1.807, 2.05) is 63.6 Å². The number of para-hydroxylation sites is 1. The molecule has 2 aromatic rings. The van der Waals surface area contributed by atoms with Gasteiger partial charge in [-0.25, -0.2) is 0 Å². The Morgan fingerprint density at radius 2 is 2.00 bits per heavy atom. The van der Waals surface area contributed by atoms with Gasteiger partial charge in [-0.05, 0) is 31.4 Å². The second-order valence-corrected chi connectivity index (χ2v) is 7.16. The molecule has 0 saturated heterocycles. The number of esters is 1. The number of thioether (sulfide) groups is 1. The van der Waals surface area contributed by atoms with Crippen LogP contribution in [0.25, 0.3) is 0 Å². The maximum absolute atomic E-state index is 12.1. The minimum absolute atomic E-state index is 0.132. The van der Waals surface area contributed by atoms with Gasteiger partial charge in [-0.3, -0.25) is 4.79 Å². The first-order valence-electron chi connectivity index (χ1n) is 8.34. The Labute approximate surface area is 152 Å². The minimum Gasteiger partial charge on any atom is -0.485 e. The monoisotopic (exact) mass is 363 g/mol. The summed E-state index contributed by atoms with van der Waals surface area (Å²) in [5.41, 5.74) is 1.07. The lowest BCUT2D eigenvalue weighted by molar-refractivity contribution is -0.143. The summed E-state index contributed by atoms with van der Waals surface area (Å²) in [5.74, 6) is 1.44. The highest BCUT2D eigenvalue weighted by molar-refractivity contribution is 8.00. The lowest BCUT2D eigenvalue weighted by atomic mass is 10.1. The number of carbonyl (C=O) groups is 1. The van der Waals surface area contributed by atoms with Crippen LogP contribution in [0.1, 0.15) is 32.2 Å². The van der Waals surface area contributed by atoms with Gasteiger partial charge in [-0.15, -0.1) is 10.2 Å². The second kappa shape index (κ2) is 8.89. The molecule has 1 aromatic heterocycles. The Balaban J connectivity index is 2.07. The van der Waals surface area contributed by atoms with Crippen LogP contribution < -0.4 is 4.74 Å². The van der Waals surface area contributed by atoms with Gasteiger partial charge in [0.1, 0.15) is 17.6 Å². The molecular formula is C18H25N3O3S. The number of nitrogens with zero attached hydrogens (tertiary/aromatic N) is 3. The summed E-state index contributed by atoms with van der Waals surface area (Å²) < 4.78 is 12.9. The van der Waals surface area contributed by atoms with Crippen molar-refractivity contribution >= 4 is 17.7 Å². The van der Waals surface area contributed by atoms with Crippen molar-refractivity contribution in [2.75, 3.05) is 6.61 Å². The number of carbonyl (C=O) groups excluding carboxylic acids is 1. The highest BCUT2D eigenvalue weighted by Gasteiger charge is 2.27. The van der Waals surface area contributed by atoms with Crippen LogP contribution in [0, 0.1) is 12.8 Å². The number of benzene rings is 1. The summed E-state index contributed by atoms with van der Waals surface area (Å²) in [6.45, 7) is 8.49. The summed E-state index contributed by atoms with van der Waals surface area (Å²) in [5, 5.41) is 8.76. The molecule has 0 N–H and O–H groups in total. The molecule has 0 aliphatic rings. The zero-order valence-corrected chi connectivity index (χ0v) is 16.2. The van der Waals surface area contributed by atoms with E-state index in [9.17, 15) is 4.79 Å². The smallest absolute Gasteiger partial charge is 0.319 e. The minimum atomic E-state index is -0.312. The Bertz CT molecular complexity index is 715. The molecule has 1 atom stereocenters. The van der Waals surface area contributed by atoms with Crippen LogP contribution in [0.15, 0.2) is 29.4 Å². The Hall–Kier alpha value is -2.02. The summed E-state index contributed by atoms with van der Waals surface area (Å²) in [6.07, 6.45) is 0. The van der Waals surface area contributed by atoms with Crippen molar-refractivity contribution < 1.29 is 14.3 Å². The van der Waals surface area contributed by atoms with E-state index in [0.29, 0.717) is 24.2 Å². The van der Waals surface area contributed by atoms with E-state index in [0.717, 1.165) is 11.3 Å². The summed E-state index contributed by atoms with van der Waals surface area (Å²) in [6, 6.07) is 7.84. The third kappa shape index (κ3) is 4.98. The Kier molecular flexibility index (Phi) is 6.87. The quantitative estimate of drug-likeness (QED) is 0.529. The van der Waals surface area contributed by atoms with Crippen molar-refractivity contribution in [1.82, 2.24) is 14.8 Å². The van der Waals surface area contributed by atoms with E-state index in [-0.39, 0.29) is 17.1 Å². The van der Waals surface area contributed by atoms with Gasteiger partial charge in [0.2, 0.25) is 0 Å². The molecule has 2 rings (SSSR count). The third-order valence-corrected chi connectivity index (χ3v) is 5.29. The van der Waals surface area contributed by atoms with Gasteiger partial charge in [0.05, 0.1) is 6.61 Å². The third-order valence-electron chi connectivity index (χ3n) is 3.73. The Morgan fingerprint density at radius 3 is 2.64 bits per heavy atom. The van der Waals surface area contributed by atoms with Crippen molar-refractivity contribution in [3.05, 3.63) is 35.7 Å². The van der Waals surface area contributed by atoms with E-state index < -0.39 is 0 Å². The van der Waals surface area contributed by atoms with Crippen molar-refractivity contribution in [2.24, 2.45) is 13.0 Å². The van der Waals surface area contributed by atoms with Crippen molar-refractivity contribution in [3.63, 3.8) is 0 Å². The molecule has 1 heterocycles. The lowest BCUT2D eigenvalue weighted by Gasteiger charge is -2.17. The molecule has 25 heavy (non-hydrogen) atoms. The van der Waals surface area contributed by atoms with Gasteiger partial charge in [0.15, 0.2) is 11.0 Å². The maximum Gasteiger partial charge on any atom is 0.319 e. The fourth-order valence-corrected chi connectivity index (χ4v) is 3.24. The van der Waals surface area contributed by atoms with Crippen LogP contribution in [-0.2, 0) is 23.2 Å². The van der Waals surface area contributed by atoms with Crippen molar-refractivity contribution in [1.29, 1.82) is 0 Å². The highest BCUT2D eigenvalue weighted by Crippen LogP contribution is 2.28. The van der Waals surface area contributed by atoms with E-state index in [1.54, 1.807) is 0 Å². The predicted octanol–water partition coefficient (Wildman–Crippen LogP) is 3.38. The van der Waals surface area contributed by atoms with Crippen LogP contribution >= 0.6 is 11.8 Å². The van der Waals surface area contributed by atoms with Gasteiger partial charge < -0.3 is 14.0 Å². The summed E-state index contributed by atoms with van der Waals surface area (Å²) in [4.78, 5) is 12.1. The topological polar surface area (TPSA) is 66.2 Å². The SMILES string of the molecule is CCOC(=O)C(Sc1nnc(COc2ccccc2C)n1C)C(C)C. The molecule has 0 spiro atoms. The number of hydrogen-bond donors (Lipinski definition) is 0. The normalized spacial score (nSPS) is 12.2. The van der Waals surface area contributed by atoms with Crippen molar-refractivity contribution in [3.8, 4) is 5.75 Å². The van der Waals surface area contributed by atoms with Crippen LogP contribution in [0.2, 0.25) is 0 Å². The molecule has 0 fully saturated rings. The summed E-state index contributed by atoms with van der Waals surface area (Å²) in [7, 11) is 1.88. The number of ether oxygens (including phenoxy) is 2. The van der Waals surface area contributed by atoms with Crippen LogP contribution in [0.3, 0.4) is 0 Å². The molecule has 1 aromatic carbocycles. The number of aromatic nitrogens is 3. The molecule has 0 aliphatic heterocycles. The predicted molar refractivity (Wildman–Crippen MR) is 97.6 cm³/mol. The number of hydrogen-bond acceptors (Lipinski definition) is 6. The zero-order chi connectivity index (χ0) is 18.4. The van der Waals surface area contributed by atoms with Crippen LogP contribution in [0.5, 0.6) is 5.75 Å². The van der Waals surface area contributed by atoms with E-state index in [4.69, 9.17) is 9.47 Å². The number of aryl methyl sites for hydroxylation is 1. The second-order valence-electron chi connectivity index (χ2n) is 6.05. The molecule has 0 amide bonds. The molecule has 0 radical (unpaired) electrons. The molecule has 0 saturated carbocycles. The first-order valence-corrected chi connectivity index (χ1v) is 9.22. The average molecular weight is 363 g/mol. The van der Waals surface area contributed by atoms with E-state index >= 15 is 0 Å². The molecule has 1 unspecified atom stereocenters. The fraction of sp³-hybridized carbons (Fsp3) is 0.500. The molecular weight excluding hydrogens is 338 g/mol. The molecule has 7 heteroatoms. The van der Waals surface area contributed by atoms with Gasteiger partial charge >= 0.3 is 5.97 Å². The van der Waals surface area contributed by atoms with E-state index in [2.05, 4.69) is 10.2 Å². The van der Waals surface area contributed by atoms with Gasteiger partial charge in [0, 0.05) is 7.05 Å². The fourth-order valence-electron chi connectivity index (χ4n) is 2.23. The van der Waals surface area contributed by atoms with Gasteiger partial charge in [-0.2, -0.15) is 0 Å². The first kappa shape index (κ1) is 19.3. The largest absolute Gasteiger partial charge is 0.485 e. The molecule has 6 nitrogen and oxygen atoms in total. The van der Waals surface area contributed by atoms with Crippen LogP contribution in [-0.4, -0.2) is 32.6 Å². The standard InChI is InChI=1S/C18H25N3O3S/c1-6-23-17(22)16(12(2)3)25-18-20-19-15(21(18)5)11-24-14-10-8-7-9-13(14)4/h7-10,12,16H,6,11H2,1-5H3. The van der Waals surface area contributed by atoms with Crippen molar-refractivity contribution in [2.45, 2.75) is 44.7 Å². The first-order chi connectivity index (χ1) is 11.9. The highest BCUT2D eigenvalue weighted by atomic mass is 32.2. The van der Waals surface area contributed by atoms with Gasteiger partial charge in [0.25, 0.3) is 0 Å². The van der Waals surface area contributed by atoms with Gasteiger partial charge in [-0.1, -0.05) is 43.8 Å². The molecule has 0 bridgehead atoms. The number of rotatable bonds is 8. The Morgan fingerprint density at radius 1 is 1.28 bits per heavy atom. The zero-order valence-electron chi connectivity index (χ0n) is 15.4. The maximum atomic E-state index is 12.1. The molecule has 136 valence electrons. The average Bonchev–Trinajstić information content (AvgIpc) is 2.92. The summed E-state index contributed by atoms with van der Waals surface area (Å²) >= 11 is 1.38. The lowest BCUT2D eigenvalue weighted by Crippen LogP contribution is -2.26. The van der Waals surface area contributed by atoms with E-state index in [1.165, 1.54) is 11.8 Å².